The van der Waals surface area contributed by atoms with Crippen LogP contribution >= 0.6 is 11.8 Å². The Bertz CT molecular complexity index is 2410. The number of ether oxygens (including phenoxy) is 3. The van der Waals surface area contributed by atoms with Crippen LogP contribution in [0.3, 0.4) is 0 Å². The summed E-state index contributed by atoms with van der Waals surface area (Å²) in [6.07, 6.45) is 5.69. The lowest BCUT2D eigenvalue weighted by Crippen LogP contribution is -2.51. The number of likely N-dealkylation sites (tertiary alicyclic amines) is 1. The average Bonchev–Trinajstić information content (AvgIpc) is 3.81. The monoisotopic (exact) mass is 848 g/mol. The van der Waals surface area contributed by atoms with Crippen LogP contribution in [0.15, 0.2) is 73.1 Å². The lowest BCUT2D eigenvalue weighted by Gasteiger charge is -2.30. The summed E-state index contributed by atoms with van der Waals surface area (Å²) < 4.78 is 14.7. The van der Waals surface area contributed by atoms with Gasteiger partial charge in [-0.25, -0.2) is 19.6 Å². The van der Waals surface area contributed by atoms with Gasteiger partial charge in [-0.05, 0) is 70.2 Å². The molecule has 2 aliphatic heterocycles. The van der Waals surface area contributed by atoms with Crippen molar-refractivity contribution in [1.82, 2.24) is 40.4 Å². The number of aromatic nitrogens is 4. The predicted octanol–water partition coefficient (Wildman–Crippen LogP) is 7.06. The van der Waals surface area contributed by atoms with Gasteiger partial charge in [0, 0.05) is 44.5 Å². The van der Waals surface area contributed by atoms with Gasteiger partial charge in [-0.2, -0.15) is 0 Å². The largest absolute Gasteiger partial charge is 0.453 e. The molecule has 1 aliphatic carbocycles. The van der Waals surface area contributed by atoms with Crippen LogP contribution in [0, 0.1) is 11.3 Å². The van der Waals surface area contributed by atoms with Crippen LogP contribution in [0.1, 0.15) is 62.6 Å². The van der Waals surface area contributed by atoms with E-state index in [1.807, 2.05) is 24.9 Å². The molecule has 1 spiro atoms. The summed E-state index contributed by atoms with van der Waals surface area (Å²) in [6.45, 7) is 5.35. The molecule has 0 radical (unpaired) electrons. The van der Waals surface area contributed by atoms with Crippen molar-refractivity contribution in [2.45, 2.75) is 63.0 Å². The summed E-state index contributed by atoms with van der Waals surface area (Å²) >= 11 is 1.62. The van der Waals surface area contributed by atoms with Crippen molar-refractivity contribution in [3.63, 3.8) is 0 Å². The highest BCUT2D eigenvalue weighted by Crippen LogP contribution is 2.58. The second kappa shape index (κ2) is 17.6. The topological polar surface area (TPSA) is 184 Å². The molecule has 4 heterocycles. The van der Waals surface area contributed by atoms with Crippen LogP contribution in [-0.4, -0.2) is 113 Å². The maximum absolute atomic E-state index is 13.9. The molecule has 8 rings (SSSR count). The number of rotatable bonds is 13. The second-order valence-electron chi connectivity index (χ2n) is 16.5. The molecule has 5 aromatic rings. The van der Waals surface area contributed by atoms with Crippen LogP contribution in [0.2, 0.25) is 0 Å². The van der Waals surface area contributed by atoms with E-state index in [2.05, 4.69) is 86.2 Å². The Hall–Kier alpha value is -5.87. The van der Waals surface area contributed by atoms with Gasteiger partial charge in [0.05, 0.1) is 44.0 Å². The summed E-state index contributed by atoms with van der Waals surface area (Å²) in [7, 11) is 4.13. The van der Waals surface area contributed by atoms with E-state index in [0.29, 0.717) is 31.9 Å². The third kappa shape index (κ3) is 8.82. The zero-order valence-corrected chi connectivity index (χ0v) is 35.8. The van der Waals surface area contributed by atoms with Gasteiger partial charge >= 0.3 is 12.2 Å². The van der Waals surface area contributed by atoms with Crippen LogP contribution in [0.4, 0.5) is 9.59 Å². The molecule has 4 N–H and O–H groups in total. The number of hydrogen-bond acceptors (Lipinski definition) is 10. The minimum absolute atomic E-state index is 0.108. The fourth-order valence-electron chi connectivity index (χ4n) is 8.46. The third-order valence-corrected chi connectivity index (χ3v) is 13.3. The van der Waals surface area contributed by atoms with Gasteiger partial charge in [-0.3, -0.25) is 9.59 Å². The highest BCUT2D eigenvalue weighted by Gasteiger charge is 2.55. The number of fused-ring (bicyclic) bond motifs is 1. The molecule has 61 heavy (non-hydrogen) atoms. The number of nitrogens with zero attached hydrogens (tertiary/aromatic N) is 4. The summed E-state index contributed by atoms with van der Waals surface area (Å²) in [5.74, 6) is 1.75. The van der Waals surface area contributed by atoms with Crippen molar-refractivity contribution in [3.8, 4) is 33.6 Å². The summed E-state index contributed by atoms with van der Waals surface area (Å²) in [5, 5.41) is 7.27. The number of imidazole rings is 2. The van der Waals surface area contributed by atoms with Crippen molar-refractivity contribution < 1.29 is 33.4 Å². The zero-order valence-electron chi connectivity index (χ0n) is 35.0. The van der Waals surface area contributed by atoms with Gasteiger partial charge < -0.3 is 44.6 Å². The Morgan fingerprint density at radius 2 is 1.39 bits per heavy atom. The molecule has 1 unspecified atom stereocenters. The summed E-state index contributed by atoms with van der Waals surface area (Å²) in [5.41, 5.74) is 5.96. The molecule has 2 saturated heterocycles. The Kier molecular flexibility index (Phi) is 12.1. The number of amides is 4. The summed E-state index contributed by atoms with van der Waals surface area (Å²) in [6, 6.07) is 19.4. The first kappa shape index (κ1) is 41.8. The number of methoxy groups -OCH3 is 3. The van der Waals surface area contributed by atoms with E-state index < -0.39 is 24.3 Å². The molecule has 3 fully saturated rings. The highest BCUT2D eigenvalue weighted by molar-refractivity contribution is 7.99. The lowest BCUT2D eigenvalue weighted by molar-refractivity contribution is -0.136. The van der Waals surface area contributed by atoms with Gasteiger partial charge in [-0.15, -0.1) is 11.8 Å². The molecule has 0 bridgehead atoms. The fourth-order valence-corrected chi connectivity index (χ4v) is 9.65. The molecular weight excluding hydrogens is 797 g/mol. The highest BCUT2D eigenvalue weighted by atomic mass is 32.2. The van der Waals surface area contributed by atoms with Gasteiger partial charge in [0.25, 0.3) is 0 Å². The Labute approximate surface area is 358 Å². The third-order valence-electron chi connectivity index (χ3n) is 12.1. The van der Waals surface area contributed by atoms with E-state index in [1.165, 1.54) is 14.2 Å². The van der Waals surface area contributed by atoms with Crippen LogP contribution in [0.25, 0.3) is 44.4 Å². The standard InChI is InChI=1S/C45H52N8O7S/c1-26(2)37(51-44(57)60-5)41(55)53-25-45(15-16-45)22-36(53)38-46-24-35(48-38)32-13-12-30-20-29(10-11-31(30)21-32)27-6-8-28(9-7-27)34-23-47-39(49-34)42-52(17-19-61-42)40(54)33(14-18-58-3)50-43(56)59-4/h6-13,20-21,23-24,26,33,36-37,42H,14-19,22,25H2,1-5H3,(H,46,48)(H,47,49)(H,50,56)(H,51,57)/t33?,36-,37-,42-/m0/s1. The smallest absolute Gasteiger partial charge is 0.407 e. The first-order valence-electron chi connectivity index (χ1n) is 20.6. The Morgan fingerprint density at radius 3 is 2.07 bits per heavy atom. The molecule has 16 heteroatoms. The number of carbonyl (C=O) groups excluding carboxylic acids is 4. The zero-order chi connectivity index (χ0) is 42.8. The van der Waals surface area contributed by atoms with E-state index in [-0.39, 0.29) is 34.6 Å². The quantitative estimate of drug-likeness (QED) is 0.0958. The van der Waals surface area contributed by atoms with Crippen LogP contribution in [0.5, 0.6) is 0 Å². The number of alkyl carbamates (subject to hydrolysis) is 2. The molecule has 4 atom stereocenters. The number of aromatic amines is 2. The van der Waals surface area contributed by atoms with E-state index in [9.17, 15) is 19.2 Å². The van der Waals surface area contributed by atoms with Gasteiger partial charge in [-0.1, -0.05) is 62.4 Å². The number of benzene rings is 3. The van der Waals surface area contributed by atoms with E-state index in [1.54, 1.807) is 30.0 Å². The lowest BCUT2D eigenvalue weighted by atomic mass is 9.98. The average molecular weight is 849 g/mol. The maximum atomic E-state index is 13.9. The minimum atomic E-state index is -0.774. The number of hydrogen-bond donors (Lipinski definition) is 4. The van der Waals surface area contributed by atoms with Crippen LogP contribution < -0.4 is 10.6 Å². The number of nitrogens with one attached hydrogen (secondary N) is 4. The van der Waals surface area contributed by atoms with Crippen molar-refractivity contribution >= 4 is 46.5 Å². The Balaban J connectivity index is 0.946. The molecule has 15 nitrogen and oxygen atoms in total. The number of carbonyl (C=O) groups is 4. The fraction of sp³-hybridized carbons (Fsp3) is 0.422. The Morgan fingerprint density at radius 1 is 0.787 bits per heavy atom. The van der Waals surface area contributed by atoms with Crippen LogP contribution in [-0.2, 0) is 23.8 Å². The van der Waals surface area contributed by atoms with Crippen molar-refractivity contribution in [2.24, 2.45) is 11.3 Å². The molecule has 1 saturated carbocycles. The van der Waals surface area contributed by atoms with E-state index in [0.717, 1.165) is 75.3 Å². The second-order valence-corrected chi connectivity index (χ2v) is 17.7. The molecule has 3 aromatic carbocycles. The number of thioether (sulfide) groups is 1. The first-order chi connectivity index (χ1) is 29.5. The summed E-state index contributed by atoms with van der Waals surface area (Å²) in [4.78, 5) is 71.7. The normalized spacial score (nSPS) is 19.0. The molecule has 2 aromatic heterocycles. The molecule has 320 valence electrons. The molecular formula is C45H52N8O7S. The van der Waals surface area contributed by atoms with E-state index in [4.69, 9.17) is 19.2 Å². The van der Waals surface area contributed by atoms with E-state index >= 15 is 0 Å². The van der Waals surface area contributed by atoms with Gasteiger partial charge in [0.15, 0.2) is 0 Å². The van der Waals surface area contributed by atoms with Crippen molar-refractivity contribution in [3.05, 3.63) is 84.7 Å². The first-order valence-corrected chi connectivity index (χ1v) is 21.7. The number of H-pyrrole nitrogens is 2. The maximum Gasteiger partial charge on any atom is 0.407 e. The molecule has 4 amide bonds. The predicted molar refractivity (Wildman–Crippen MR) is 232 cm³/mol. The molecule has 3 aliphatic rings. The van der Waals surface area contributed by atoms with Crippen molar-refractivity contribution in [1.29, 1.82) is 0 Å². The van der Waals surface area contributed by atoms with Gasteiger partial charge in [0.2, 0.25) is 11.8 Å². The van der Waals surface area contributed by atoms with Gasteiger partial charge in [0.1, 0.15) is 29.1 Å². The van der Waals surface area contributed by atoms with Crippen molar-refractivity contribution in [2.75, 3.05) is 46.8 Å². The minimum Gasteiger partial charge on any atom is -0.453 e. The SMILES string of the molecule is COCCC(NC(=O)OC)C(=O)N1CCS[C@H]1c1ncc(-c2ccc(-c3ccc4cc(-c5cnc([C@@H]6CC7(CC7)CN6C(=O)[C@@H](NC(=O)OC)C(C)C)[nH]5)ccc4c3)cc2)[nH]1.